The maximum Gasteiger partial charge on any atom is 0.678 e. The third kappa shape index (κ3) is 4.53. The van der Waals surface area contributed by atoms with E-state index in [9.17, 15) is 8.63 Å². The van der Waals surface area contributed by atoms with Crippen LogP contribution < -0.4 is 11.2 Å². The Hall–Kier alpha value is -1.94. The highest BCUT2D eigenvalue weighted by Gasteiger charge is 2.17. The topological polar surface area (TPSA) is 55.7 Å². The fourth-order valence-corrected chi connectivity index (χ4v) is 2.07. The average Bonchev–Trinajstić information content (AvgIpc) is 2.99. The number of pyridine rings is 1. The molecule has 1 aromatic heterocycles. The van der Waals surface area contributed by atoms with Crippen LogP contribution in [0.2, 0.25) is 0 Å². The van der Waals surface area contributed by atoms with Gasteiger partial charge in [0.2, 0.25) is 0 Å². The molecule has 0 aromatic carbocycles. The second-order valence-corrected chi connectivity index (χ2v) is 4.77. The van der Waals surface area contributed by atoms with Gasteiger partial charge in [0.25, 0.3) is 0 Å². The summed E-state index contributed by atoms with van der Waals surface area (Å²) in [6, 6.07) is 3.17. The Morgan fingerprint density at radius 3 is 2.67 bits per heavy atom. The number of hydrogen-bond donors (Lipinski definition) is 1. The lowest BCUT2D eigenvalue weighted by Gasteiger charge is -2.03. The van der Waals surface area contributed by atoms with Crippen LogP contribution in [0.1, 0.15) is 37.7 Å². The summed E-state index contributed by atoms with van der Waals surface area (Å²) in [7, 11) is -2.68. The smallest absolute Gasteiger partial charge is 0.330 e. The Bertz CT molecular complexity index is 632. The van der Waals surface area contributed by atoms with Crippen molar-refractivity contribution < 1.29 is 8.63 Å². The normalized spacial score (nSPS) is 14.8. The average molecular weight is 290 g/mol. The lowest BCUT2D eigenvalue weighted by Crippen LogP contribution is -2.29. The summed E-state index contributed by atoms with van der Waals surface area (Å²) in [4.78, 5) is 0. The predicted octanol–water partition coefficient (Wildman–Crippen LogP) is 1.79. The first-order valence-electron chi connectivity index (χ1n) is 6.99. The third-order valence-electron chi connectivity index (χ3n) is 3.14. The molecule has 0 atom stereocenters. The van der Waals surface area contributed by atoms with Gasteiger partial charge in [-0.1, -0.05) is 11.8 Å². The Labute approximate surface area is 123 Å². The van der Waals surface area contributed by atoms with Crippen LogP contribution in [0.25, 0.3) is 0 Å². The highest BCUT2D eigenvalue weighted by molar-refractivity contribution is 6.40. The molecule has 1 heterocycles. The summed E-state index contributed by atoms with van der Waals surface area (Å²) < 4.78 is 26.9. The molecule has 1 aliphatic carbocycles. The zero-order chi connectivity index (χ0) is 15.1. The largest absolute Gasteiger partial charge is 0.678 e. The van der Waals surface area contributed by atoms with Crippen LogP contribution in [0, 0.1) is 11.8 Å². The summed E-state index contributed by atoms with van der Waals surface area (Å²) >= 11 is 0. The molecule has 0 aliphatic heterocycles. The van der Waals surface area contributed by atoms with E-state index in [1.54, 1.807) is 6.07 Å². The molecule has 21 heavy (non-hydrogen) atoms. The third-order valence-corrected chi connectivity index (χ3v) is 3.14. The van der Waals surface area contributed by atoms with Gasteiger partial charge in [0, 0.05) is 30.4 Å². The lowest BCUT2D eigenvalue weighted by molar-refractivity contribution is 0.618. The van der Waals surface area contributed by atoms with Crippen LogP contribution in [0.3, 0.4) is 0 Å². The molecule has 1 aliphatic rings. The van der Waals surface area contributed by atoms with Gasteiger partial charge in [-0.05, 0) is 37.8 Å². The van der Waals surface area contributed by atoms with Gasteiger partial charge in [0.1, 0.15) is 5.49 Å². The van der Waals surface area contributed by atoms with E-state index in [0.29, 0.717) is 18.5 Å². The first kappa shape index (κ1) is 15.5. The predicted molar refractivity (Wildman–Crippen MR) is 79.8 cm³/mol. The van der Waals surface area contributed by atoms with Gasteiger partial charge < -0.3 is 10.2 Å². The maximum absolute atomic E-state index is 13.1. The minimum Gasteiger partial charge on any atom is -0.330 e. The van der Waals surface area contributed by atoms with Crippen molar-refractivity contribution in [1.29, 1.82) is 0 Å². The van der Waals surface area contributed by atoms with Gasteiger partial charge >= 0.3 is 7.40 Å². The summed E-state index contributed by atoms with van der Waals surface area (Å²) in [5, 5.41) is 8.03. The van der Waals surface area contributed by atoms with Crippen molar-refractivity contribution in [2.75, 3.05) is 6.54 Å². The number of aromatic nitrogens is 1. The van der Waals surface area contributed by atoms with Gasteiger partial charge in [0.15, 0.2) is 0 Å². The molecule has 7 heteroatoms. The van der Waals surface area contributed by atoms with Crippen LogP contribution in [0.5, 0.6) is 0 Å². The SMILES string of the molecule is NCCC#Cc1cc/c(=N/N=C2CCCC2)n(B(F)F)c1. The van der Waals surface area contributed by atoms with Crippen LogP contribution in [0.4, 0.5) is 8.63 Å². The van der Waals surface area contributed by atoms with Crippen LogP contribution in [-0.2, 0) is 0 Å². The Balaban J connectivity index is 2.31. The summed E-state index contributed by atoms with van der Waals surface area (Å²) in [6.07, 6.45) is 5.83. The molecule has 1 aromatic rings. The van der Waals surface area contributed by atoms with E-state index in [4.69, 9.17) is 5.73 Å². The van der Waals surface area contributed by atoms with Crippen LogP contribution in [0.15, 0.2) is 28.5 Å². The van der Waals surface area contributed by atoms with Crippen molar-refractivity contribution in [3.8, 4) is 11.8 Å². The minimum absolute atomic E-state index is 0.133. The van der Waals surface area contributed by atoms with Crippen molar-refractivity contribution >= 4 is 13.1 Å². The van der Waals surface area contributed by atoms with Gasteiger partial charge in [-0.25, -0.2) is 0 Å². The summed E-state index contributed by atoms with van der Waals surface area (Å²) in [6.45, 7) is 0.451. The second-order valence-electron chi connectivity index (χ2n) is 4.77. The molecule has 0 radical (unpaired) electrons. The molecule has 0 spiro atoms. The molecule has 0 saturated heterocycles. The standard InChI is InChI=1S/C14H17BF2N4/c16-15(17)21-11-12(5-3-4-10-18)8-9-14(21)20-19-13-6-1-2-7-13/h8-9,11H,1-2,4,6-7,10,18H2/b20-14-. The van der Waals surface area contributed by atoms with E-state index >= 15 is 0 Å². The summed E-state index contributed by atoms with van der Waals surface area (Å²) in [5.74, 6) is 5.63. The van der Waals surface area contributed by atoms with Crippen molar-refractivity contribution in [2.45, 2.75) is 32.1 Å². The Morgan fingerprint density at radius 1 is 1.24 bits per heavy atom. The van der Waals surface area contributed by atoms with E-state index in [2.05, 4.69) is 22.0 Å². The van der Waals surface area contributed by atoms with E-state index in [1.165, 1.54) is 12.3 Å². The zero-order valence-corrected chi connectivity index (χ0v) is 11.7. The highest BCUT2D eigenvalue weighted by Crippen LogP contribution is 2.14. The molecule has 4 nitrogen and oxygen atoms in total. The molecule has 1 fully saturated rings. The maximum atomic E-state index is 13.1. The van der Waals surface area contributed by atoms with E-state index in [0.717, 1.165) is 35.9 Å². The molecular weight excluding hydrogens is 273 g/mol. The molecule has 2 N–H and O–H groups in total. The molecule has 0 unspecified atom stereocenters. The van der Waals surface area contributed by atoms with Crippen molar-refractivity contribution in [3.63, 3.8) is 0 Å². The fourth-order valence-electron chi connectivity index (χ4n) is 2.07. The number of hydrogen-bond acceptors (Lipinski definition) is 3. The van der Waals surface area contributed by atoms with E-state index < -0.39 is 7.40 Å². The molecule has 0 bridgehead atoms. The minimum atomic E-state index is -2.68. The van der Waals surface area contributed by atoms with Gasteiger partial charge in [0.05, 0.1) is 0 Å². The van der Waals surface area contributed by atoms with Crippen LogP contribution >= 0.6 is 0 Å². The summed E-state index contributed by atoms with van der Waals surface area (Å²) in [5.41, 5.74) is 6.95. The molecule has 110 valence electrons. The number of rotatable bonds is 3. The quantitative estimate of drug-likeness (QED) is 0.515. The zero-order valence-electron chi connectivity index (χ0n) is 11.7. The molecule has 0 amide bonds. The monoisotopic (exact) mass is 290 g/mol. The first-order valence-corrected chi connectivity index (χ1v) is 6.99. The first-order chi connectivity index (χ1) is 10.2. The second kappa shape index (κ2) is 7.74. The Kier molecular flexibility index (Phi) is 5.70. The van der Waals surface area contributed by atoms with Crippen molar-refractivity contribution in [3.05, 3.63) is 29.4 Å². The van der Waals surface area contributed by atoms with Crippen molar-refractivity contribution in [1.82, 2.24) is 4.48 Å². The van der Waals surface area contributed by atoms with Gasteiger partial charge in [-0.3, -0.25) is 8.63 Å². The fraction of sp³-hybridized carbons (Fsp3) is 0.429. The molecule has 1 saturated carbocycles. The molecular formula is C14H17BF2N4. The Morgan fingerprint density at radius 2 is 2.00 bits per heavy atom. The lowest BCUT2D eigenvalue weighted by atomic mass is 10.2. The van der Waals surface area contributed by atoms with E-state index in [1.807, 2.05) is 0 Å². The number of halogens is 2. The van der Waals surface area contributed by atoms with Crippen LogP contribution in [-0.4, -0.2) is 24.1 Å². The van der Waals surface area contributed by atoms with Gasteiger partial charge in [-0.2, -0.15) is 5.10 Å². The number of nitrogens with two attached hydrogens (primary N) is 1. The highest BCUT2D eigenvalue weighted by atomic mass is 19.2. The molecule has 2 rings (SSSR count). The van der Waals surface area contributed by atoms with Crippen molar-refractivity contribution in [2.24, 2.45) is 15.9 Å². The van der Waals surface area contributed by atoms with Gasteiger partial charge in [-0.15, -0.1) is 5.10 Å². The van der Waals surface area contributed by atoms with E-state index in [-0.39, 0.29) is 5.49 Å². The number of nitrogens with zero attached hydrogens (tertiary/aromatic N) is 3.